The van der Waals surface area contributed by atoms with E-state index >= 15 is 0 Å². The van der Waals surface area contributed by atoms with Gasteiger partial charge in [-0.05, 0) is 61.1 Å². The first-order chi connectivity index (χ1) is 13.9. The summed E-state index contributed by atoms with van der Waals surface area (Å²) in [5, 5.41) is 12.0. The molecule has 0 bridgehead atoms. The third kappa shape index (κ3) is 4.95. The van der Waals surface area contributed by atoms with Crippen LogP contribution >= 0.6 is 0 Å². The number of alkyl carbamates (subject to hydrolysis) is 1. The quantitative estimate of drug-likeness (QED) is 0.805. The summed E-state index contributed by atoms with van der Waals surface area (Å²) in [6.07, 6.45) is 0.599. The van der Waals surface area contributed by atoms with Crippen molar-refractivity contribution in [3.8, 4) is 11.1 Å². The van der Waals surface area contributed by atoms with Gasteiger partial charge in [-0.15, -0.1) is 0 Å². The van der Waals surface area contributed by atoms with Crippen molar-refractivity contribution in [2.45, 2.75) is 45.8 Å². The van der Waals surface area contributed by atoms with Gasteiger partial charge < -0.3 is 20.1 Å². The summed E-state index contributed by atoms with van der Waals surface area (Å²) in [6, 6.07) is 13.8. The van der Waals surface area contributed by atoms with Gasteiger partial charge >= 0.3 is 6.09 Å². The number of carbonyl (C=O) groups is 2. The molecule has 2 amide bonds. The van der Waals surface area contributed by atoms with Gasteiger partial charge in [-0.1, -0.05) is 30.3 Å². The van der Waals surface area contributed by atoms with Gasteiger partial charge in [-0.2, -0.15) is 0 Å². The number of nitrogens with zero attached hydrogens (tertiary/aromatic N) is 1. The monoisotopic (exact) mass is 396 g/mol. The van der Waals surface area contributed by atoms with E-state index in [1.54, 1.807) is 11.8 Å². The molecule has 0 fully saturated rings. The highest BCUT2D eigenvalue weighted by atomic mass is 16.6. The lowest BCUT2D eigenvalue weighted by molar-refractivity contribution is -0.116. The smallest absolute Gasteiger partial charge is 0.407 e. The maximum Gasteiger partial charge on any atom is 0.407 e. The highest BCUT2D eigenvalue weighted by molar-refractivity contribution is 5.93. The number of benzene rings is 2. The Kier molecular flexibility index (Phi) is 6.54. The van der Waals surface area contributed by atoms with Crippen molar-refractivity contribution in [2.75, 3.05) is 18.1 Å². The van der Waals surface area contributed by atoms with Gasteiger partial charge in [0, 0.05) is 25.8 Å². The number of fused-ring (bicyclic) bond motifs is 1. The van der Waals surface area contributed by atoms with Gasteiger partial charge in [0.25, 0.3) is 0 Å². The lowest BCUT2D eigenvalue weighted by atomic mass is 9.92. The molecule has 0 unspecified atom stereocenters. The molecule has 0 aromatic heterocycles. The van der Waals surface area contributed by atoms with Crippen molar-refractivity contribution in [1.82, 2.24) is 5.32 Å². The van der Waals surface area contributed by atoms with Crippen LogP contribution in [0.15, 0.2) is 42.5 Å². The second-order valence-electron chi connectivity index (χ2n) is 7.55. The van der Waals surface area contributed by atoms with Gasteiger partial charge in [0.05, 0.1) is 12.1 Å². The molecule has 1 heterocycles. The van der Waals surface area contributed by atoms with E-state index in [0.717, 1.165) is 27.9 Å². The van der Waals surface area contributed by atoms with Crippen molar-refractivity contribution >= 4 is 17.7 Å². The summed E-state index contributed by atoms with van der Waals surface area (Å²) < 4.78 is 5.24. The van der Waals surface area contributed by atoms with Gasteiger partial charge in [0.15, 0.2) is 0 Å². The number of carbonyl (C=O) groups excluding carboxylic acids is 2. The number of hydrogen-bond acceptors (Lipinski definition) is 4. The number of ether oxygens (including phenoxy) is 1. The molecule has 6 nitrogen and oxygen atoms in total. The summed E-state index contributed by atoms with van der Waals surface area (Å²) in [6.45, 7) is 5.84. The van der Waals surface area contributed by atoms with Gasteiger partial charge in [0.1, 0.15) is 0 Å². The molecule has 2 aromatic carbocycles. The number of nitrogens with one attached hydrogen (secondary N) is 1. The molecule has 0 aliphatic carbocycles. The third-order valence-corrected chi connectivity index (χ3v) is 5.04. The number of anilines is 1. The number of amides is 2. The van der Waals surface area contributed by atoms with Crippen LogP contribution in [-0.4, -0.2) is 36.4 Å². The number of hydrogen-bond donors (Lipinski definition) is 2. The molecule has 154 valence electrons. The van der Waals surface area contributed by atoms with Crippen molar-refractivity contribution in [3.05, 3.63) is 53.6 Å². The average Bonchev–Trinajstić information content (AvgIpc) is 2.68. The highest BCUT2D eigenvalue weighted by Crippen LogP contribution is 2.37. The predicted octanol–water partition coefficient (Wildman–Crippen LogP) is 3.82. The zero-order chi connectivity index (χ0) is 21.0. The first kappa shape index (κ1) is 20.9. The number of aliphatic hydroxyl groups is 1. The van der Waals surface area contributed by atoms with Crippen LogP contribution in [0.5, 0.6) is 0 Å². The fraction of sp³-hybridized carbons (Fsp3) is 0.391. The van der Waals surface area contributed by atoms with Crippen LogP contribution in [0.1, 0.15) is 44.4 Å². The normalized spacial score (nSPS) is 15.8. The van der Waals surface area contributed by atoms with Crippen molar-refractivity contribution in [1.29, 1.82) is 0 Å². The molecule has 1 atom stereocenters. The number of aliphatic hydroxyl groups excluding tert-OH is 1. The minimum absolute atomic E-state index is 0.0180. The average molecular weight is 396 g/mol. The molecule has 0 saturated heterocycles. The maximum absolute atomic E-state index is 12.2. The fourth-order valence-electron chi connectivity index (χ4n) is 3.65. The Morgan fingerprint density at radius 3 is 2.48 bits per heavy atom. The Labute approximate surface area is 171 Å². The lowest BCUT2D eigenvalue weighted by Crippen LogP contribution is -2.40. The van der Waals surface area contributed by atoms with Gasteiger partial charge in [-0.3, -0.25) is 4.79 Å². The van der Waals surface area contributed by atoms with Crippen molar-refractivity contribution in [3.63, 3.8) is 0 Å². The Hall–Kier alpha value is -2.86. The summed E-state index contributed by atoms with van der Waals surface area (Å²) in [4.78, 5) is 26.0. The SMILES string of the molecule is CC(=O)N1CC[C@@H](NC(=O)OC(C)C)c2cc(-c3ccc(CCO)cc3)ccc21. The Morgan fingerprint density at radius 2 is 1.86 bits per heavy atom. The Morgan fingerprint density at radius 1 is 1.17 bits per heavy atom. The molecule has 3 rings (SSSR count). The molecule has 29 heavy (non-hydrogen) atoms. The van der Waals surface area contributed by atoms with E-state index in [9.17, 15) is 9.59 Å². The standard InChI is InChI=1S/C23H28N2O4/c1-15(2)29-23(28)24-21-10-12-25(16(3)27)22-9-8-19(14-20(21)22)18-6-4-17(5-7-18)11-13-26/h4-9,14-15,21,26H,10-13H2,1-3H3,(H,24,28)/t21-/m1/s1. The summed E-state index contributed by atoms with van der Waals surface area (Å²) in [5.74, 6) is -0.0180. The van der Waals surface area contributed by atoms with Crippen LogP contribution in [0.4, 0.5) is 10.5 Å². The third-order valence-electron chi connectivity index (χ3n) is 5.04. The highest BCUT2D eigenvalue weighted by Gasteiger charge is 2.29. The second-order valence-corrected chi connectivity index (χ2v) is 7.55. The van der Waals surface area contributed by atoms with Crippen LogP contribution in [0.3, 0.4) is 0 Å². The summed E-state index contributed by atoms with van der Waals surface area (Å²) in [5.41, 5.74) is 4.85. The van der Waals surface area contributed by atoms with Gasteiger partial charge in [-0.25, -0.2) is 4.79 Å². The van der Waals surface area contributed by atoms with E-state index in [-0.39, 0.29) is 24.7 Å². The van der Waals surface area contributed by atoms with Crippen LogP contribution in [0.2, 0.25) is 0 Å². The zero-order valence-electron chi connectivity index (χ0n) is 17.1. The predicted molar refractivity (Wildman–Crippen MR) is 113 cm³/mol. The van der Waals surface area contributed by atoms with Crippen LogP contribution < -0.4 is 10.2 Å². The number of rotatable bonds is 5. The molecule has 2 aromatic rings. The largest absolute Gasteiger partial charge is 0.447 e. The minimum atomic E-state index is -0.453. The van der Waals surface area contributed by atoms with Crippen LogP contribution in [0.25, 0.3) is 11.1 Å². The van der Waals surface area contributed by atoms with E-state index in [4.69, 9.17) is 9.84 Å². The first-order valence-corrected chi connectivity index (χ1v) is 9.98. The molecule has 1 aliphatic heterocycles. The summed E-state index contributed by atoms with van der Waals surface area (Å²) in [7, 11) is 0. The molecule has 0 spiro atoms. The van der Waals surface area contributed by atoms with E-state index in [1.807, 2.05) is 56.3 Å². The molecule has 0 saturated carbocycles. The fourth-order valence-corrected chi connectivity index (χ4v) is 3.65. The topological polar surface area (TPSA) is 78.9 Å². The Bertz CT molecular complexity index is 877. The molecule has 2 N–H and O–H groups in total. The summed E-state index contributed by atoms with van der Waals surface area (Å²) >= 11 is 0. The van der Waals surface area contributed by atoms with Crippen molar-refractivity contribution < 1.29 is 19.4 Å². The van der Waals surface area contributed by atoms with Gasteiger partial charge in [0.2, 0.25) is 5.91 Å². The minimum Gasteiger partial charge on any atom is -0.447 e. The molecular formula is C23H28N2O4. The zero-order valence-corrected chi connectivity index (χ0v) is 17.1. The van der Waals surface area contributed by atoms with Crippen LogP contribution in [0, 0.1) is 0 Å². The van der Waals surface area contributed by atoms with E-state index < -0.39 is 6.09 Å². The van der Waals surface area contributed by atoms with E-state index in [0.29, 0.717) is 19.4 Å². The maximum atomic E-state index is 12.2. The molecular weight excluding hydrogens is 368 g/mol. The van der Waals surface area contributed by atoms with Crippen molar-refractivity contribution in [2.24, 2.45) is 0 Å². The first-order valence-electron chi connectivity index (χ1n) is 9.98. The lowest BCUT2D eigenvalue weighted by Gasteiger charge is -2.34. The van der Waals surface area contributed by atoms with E-state index in [2.05, 4.69) is 5.32 Å². The second kappa shape index (κ2) is 9.09. The molecule has 1 aliphatic rings. The molecule has 6 heteroatoms. The molecule has 0 radical (unpaired) electrons. The van der Waals surface area contributed by atoms with E-state index in [1.165, 1.54) is 0 Å². The van der Waals surface area contributed by atoms with Crippen LogP contribution in [-0.2, 0) is 16.0 Å². The Balaban J connectivity index is 1.93.